The van der Waals surface area contributed by atoms with Crippen molar-refractivity contribution >= 4 is 23.3 Å². The second-order valence-corrected chi connectivity index (χ2v) is 3.90. The molecule has 17 heavy (non-hydrogen) atoms. The Bertz CT molecular complexity index is 433. The normalized spacial score (nSPS) is 12.2. The summed E-state index contributed by atoms with van der Waals surface area (Å²) in [6.45, 7) is 1.77. The average Bonchev–Trinajstić information content (AvgIpc) is 2.67. The Balaban J connectivity index is 2.69. The molecule has 0 aromatic carbocycles. The number of hydrazine groups is 1. The molecule has 1 rings (SSSR count). The first-order valence-electron chi connectivity index (χ1n) is 4.84. The van der Waals surface area contributed by atoms with Gasteiger partial charge < -0.3 is 10.1 Å². The molecule has 0 saturated carbocycles. The van der Waals surface area contributed by atoms with Crippen molar-refractivity contribution in [2.24, 2.45) is 5.84 Å². The fraction of sp³-hybridized carbons (Fsp3) is 0.500. The highest BCUT2D eigenvalue weighted by molar-refractivity contribution is 6.32. The molecule has 8 nitrogen and oxygen atoms in total. The number of nitrogens with one attached hydrogen (secondary N) is 1. The Labute approximate surface area is 102 Å². The molecule has 0 saturated heterocycles. The number of hydrogen-bond acceptors (Lipinski definition) is 5. The van der Waals surface area contributed by atoms with Gasteiger partial charge in [0.25, 0.3) is 0 Å². The predicted octanol–water partition coefficient (Wildman–Crippen LogP) is 0.776. The molecule has 0 fully saturated rings. The van der Waals surface area contributed by atoms with Crippen molar-refractivity contribution in [2.45, 2.75) is 25.8 Å². The van der Waals surface area contributed by atoms with Gasteiger partial charge in [-0.1, -0.05) is 11.6 Å². The van der Waals surface area contributed by atoms with Gasteiger partial charge in [-0.05, 0) is 18.3 Å². The second kappa shape index (κ2) is 5.60. The zero-order chi connectivity index (χ0) is 13.0. The number of aromatic nitrogens is 2. The average molecular weight is 262 g/mol. The van der Waals surface area contributed by atoms with Crippen molar-refractivity contribution in [1.29, 1.82) is 0 Å². The summed E-state index contributed by atoms with van der Waals surface area (Å²) in [5.41, 5.74) is 2.00. The Hall–Kier alpha value is -1.67. The summed E-state index contributed by atoms with van der Waals surface area (Å²) in [7, 11) is 0. The molecule has 0 aliphatic heterocycles. The first-order valence-corrected chi connectivity index (χ1v) is 5.22. The predicted molar refractivity (Wildman–Crippen MR) is 60.2 cm³/mol. The number of nitro groups is 1. The monoisotopic (exact) mass is 261 g/mol. The van der Waals surface area contributed by atoms with Crippen LogP contribution in [-0.2, 0) is 4.79 Å². The third-order valence-electron chi connectivity index (χ3n) is 2.24. The van der Waals surface area contributed by atoms with E-state index in [4.69, 9.17) is 17.4 Å². The van der Waals surface area contributed by atoms with E-state index in [2.05, 4.69) is 5.10 Å². The topological polar surface area (TPSA) is 116 Å². The van der Waals surface area contributed by atoms with Crippen LogP contribution in [0.15, 0.2) is 6.20 Å². The summed E-state index contributed by atoms with van der Waals surface area (Å²) in [5, 5.41) is 14.2. The summed E-state index contributed by atoms with van der Waals surface area (Å²) in [5.74, 6) is 4.24. The standard InChI is InChI=1S/C8H12ClN5O3/c1-5(2-3-7(15)11-10)13-4-6(9)8(12-13)14(16)17/h4-5H,2-3,10H2,1H3,(H,11,15). The van der Waals surface area contributed by atoms with E-state index >= 15 is 0 Å². The quantitative estimate of drug-likeness (QED) is 0.351. The third kappa shape index (κ3) is 3.40. The summed E-state index contributed by atoms with van der Waals surface area (Å²) in [4.78, 5) is 20.8. The number of halogens is 1. The molecule has 1 unspecified atom stereocenters. The van der Waals surface area contributed by atoms with Gasteiger partial charge in [-0.2, -0.15) is 4.68 Å². The van der Waals surface area contributed by atoms with Gasteiger partial charge in [-0.15, -0.1) is 0 Å². The van der Waals surface area contributed by atoms with Crippen LogP contribution in [0.2, 0.25) is 5.02 Å². The maximum atomic E-state index is 10.9. The van der Waals surface area contributed by atoms with E-state index in [0.717, 1.165) is 0 Å². The van der Waals surface area contributed by atoms with Gasteiger partial charge >= 0.3 is 5.82 Å². The van der Waals surface area contributed by atoms with Crippen LogP contribution in [0.5, 0.6) is 0 Å². The molecule has 0 radical (unpaired) electrons. The van der Waals surface area contributed by atoms with Crippen LogP contribution in [-0.4, -0.2) is 20.6 Å². The van der Waals surface area contributed by atoms with Gasteiger partial charge in [0.2, 0.25) is 5.91 Å². The first kappa shape index (κ1) is 13.4. The van der Waals surface area contributed by atoms with Crippen LogP contribution in [0.4, 0.5) is 5.82 Å². The zero-order valence-corrected chi connectivity index (χ0v) is 9.85. The number of nitrogens with two attached hydrogens (primary N) is 1. The molecule has 1 heterocycles. The van der Waals surface area contributed by atoms with E-state index in [1.54, 1.807) is 6.92 Å². The van der Waals surface area contributed by atoms with E-state index in [0.29, 0.717) is 6.42 Å². The van der Waals surface area contributed by atoms with E-state index in [-0.39, 0.29) is 29.2 Å². The smallest absolute Gasteiger partial charge is 0.358 e. The molecule has 0 spiro atoms. The lowest BCUT2D eigenvalue weighted by atomic mass is 10.2. The molecular weight excluding hydrogens is 250 g/mol. The molecule has 1 atom stereocenters. The molecule has 94 valence electrons. The van der Waals surface area contributed by atoms with Gasteiger partial charge in [-0.25, -0.2) is 5.84 Å². The Morgan fingerprint density at radius 2 is 2.47 bits per heavy atom. The molecule has 0 aliphatic carbocycles. The highest BCUT2D eigenvalue weighted by Gasteiger charge is 2.22. The Kier molecular flexibility index (Phi) is 4.41. The Morgan fingerprint density at radius 1 is 1.82 bits per heavy atom. The number of amides is 1. The number of carbonyl (C=O) groups excluding carboxylic acids is 1. The van der Waals surface area contributed by atoms with Gasteiger partial charge in [0.05, 0.1) is 17.3 Å². The molecule has 1 amide bonds. The molecule has 9 heteroatoms. The zero-order valence-electron chi connectivity index (χ0n) is 9.09. The van der Waals surface area contributed by atoms with Crippen molar-refractivity contribution in [3.05, 3.63) is 21.3 Å². The lowest BCUT2D eigenvalue weighted by Crippen LogP contribution is -2.30. The van der Waals surface area contributed by atoms with Crippen LogP contribution in [0.3, 0.4) is 0 Å². The van der Waals surface area contributed by atoms with E-state index in [1.165, 1.54) is 10.9 Å². The lowest BCUT2D eigenvalue weighted by molar-refractivity contribution is -0.389. The summed E-state index contributed by atoms with van der Waals surface area (Å²) in [6.07, 6.45) is 2.03. The molecule has 1 aromatic heterocycles. The van der Waals surface area contributed by atoms with Crippen molar-refractivity contribution in [2.75, 3.05) is 0 Å². The molecule has 0 aliphatic rings. The largest absolute Gasteiger partial charge is 0.408 e. The number of carbonyl (C=O) groups is 1. The van der Waals surface area contributed by atoms with Crippen molar-refractivity contribution in [1.82, 2.24) is 15.2 Å². The maximum absolute atomic E-state index is 10.9. The molecule has 3 N–H and O–H groups in total. The number of nitrogens with zero attached hydrogens (tertiary/aromatic N) is 3. The summed E-state index contributed by atoms with van der Waals surface area (Å²) >= 11 is 5.65. The minimum atomic E-state index is -0.655. The van der Waals surface area contributed by atoms with Gasteiger partial charge in [-0.3, -0.25) is 10.2 Å². The van der Waals surface area contributed by atoms with E-state index in [9.17, 15) is 14.9 Å². The molecule has 1 aromatic rings. The minimum Gasteiger partial charge on any atom is -0.358 e. The third-order valence-corrected chi connectivity index (χ3v) is 2.51. The lowest BCUT2D eigenvalue weighted by Gasteiger charge is -2.07. The van der Waals surface area contributed by atoms with Crippen LogP contribution in [0.25, 0.3) is 0 Å². The van der Waals surface area contributed by atoms with Crippen LogP contribution in [0.1, 0.15) is 25.8 Å². The minimum absolute atomic E-state index is 0.0230. The molecular formula is C8H12ClN5O3. The fourth-order valence-corrected chi connectivity index (χ4v) is 1.46. The molecule has 0 bridgehead atoms. The van der Waals surface area contributed by atoms with Gasteiger partial charge in [0, 0.05) is 6.42 Å². The first-order chi connectivity index (χ1) is 7.95. The van der Waals surface area contributed by atoms with Crippen molar-refractivity contribution in [3.8, 4) is 0 Å². The van der Waals surface area contributed by atoms with Crippen molar-refractivity contribution in [3.63, 3.8) is 0 Å². The fourth-order valence-electron chi connectivity index (χ4n) is 1.25. The Morgan fingerprint density at radius 3 is 2.94 bits per heavy atom. The highest BCUT2D eigenvalue weighted by atomic mass is 35.5. The van der Waals surface area contributed by atoms with E-state index in [1.807, 2.05) is 5.43 Å². The summed E-state index contributed by atoms with van der Waals surface area (Å²) < 4.78 is 1.37. The SMILES string of the molecule is CC(CCC(=O)NN)n1cc(Cl)c([N+](=O)[O-])n1. The maximum Gasteiger partial charge on any atom is 0.408 e. The second-order valence-electron chi connectivity index (χ2n) is 3.49. The van der Waals surface area contributed by atoms with Crippen LogP contribution < -0.4 is 11.3 Å². The van der Waals surface area contributed by atoms with Crippen LogP contribution >= 0.6 is 11.6 Å². The number of rotatable bonds is 5. The van der Waals surface area contributed by atoms with Crippen LogP contribution in [0, 0.1) is 10.1 Å². The van der Waals surface area contributed by atoms with E-state index < -0.39 is 4.92 Å². The highest BCUT2D eigenvalue weighted by Crippen LogP contribution is 2.24. The summed E-state index contributed by atoms with van der Waals surface area (Å²) in [6, 6.07) is -0.182. The van der Waals surface area contributed by atoms with Gasteiger partial charge in [0.1, 0.15) is 0 Å². The van der Waals surface area contributed by atoms with Gasteiger partial charge in [0.15, 0.2) is 5.02 Å². The number of hydrogen-bond donors (Lipinski definition) is 2. The van der Waals surface area contributed by atoms with Crippen molar-refractivity contribution < 1.29 is 9.72 Å².